The van der Waals surface area contributed by atoms with Crippen molar-refractivity contribution in [2.24, 2.45) is 0 Å². The second kappa shape index (κ2) is 24.1. The molecule has 0 radical (unpaired) electrons. The predicted octanol–water partition coefficient (Wildman–Crippen LogP) is 3.17. The Balaban J connectivity index is 0. The summed E-state index contributed by atoms with van der Waals surface area (Å²) < 4.78 is 0. The van der Waals surface area contributed by atoms with Gasteiger partial charge in [0.05, 0.1) is 0 Å². The van der Waals surface area contributed by atoms with Crippen molar-refractivity contribution in [3.8, 4) is 0 Å². The number of unbranched alkanes of at least 4 members (excludes halogenated alkanes) is 17. The van der Waals surface area contributed by atoms with Crippen molar-refractivity contribution in [1.29, 1.82) is 0 Å². The summed E-state index contributed by atoms with van der Waals surface area (Å²) in [7, 11) is 0. The van der Waals surface area contributed by atoms with E-state index in [2.05, 4.69) is 6.92 Å². The maximum atomic E-state index is 10.3. The molecule has 0 amide bonds. The van der Waals surface area contributed by atoms with E-state index in [0.29, 0.717) is 0 Å². The summed E-state index contributed by atoms with van der Waals surface area (Å²) in [5, 5.41) is 10.3. The van der Waals surface area contributed by atoms with Crippen LogP contribution in [0.1, 0.15) is 129 Å². The van der Waals surface area contributed by atoms with Gasteiger partial charge in [0.2, 0.25) is 0 Å². The van der Waals surface area contributed by atoms with Crippen LogP contribution in [0.25, 0.3) is 0 Å². The van der Waals surface area contributed by atoms with E-state index in [4.69, 9.17) is 0 Å². The molecular formula is C21H41KO2. The standard InChI is InChI=1S/C21H42O2.K/c1-2-3-4-5-6-7-8-9-10-11-12-13-14-15-16-17-18-19-20-21(22)23;/h2-20H2,1H3,(H,22,23);/q;+1/p-1. The van der Waals surface area contributed by atoms with E-state index >= 15 is 0 Å². The molecule has 0 rings (SSSR count). The molecule has 0 unspecified atom stereocenters. The van der Waals surface area contributed by atoms with Crippen molar-refractivity contribution in [2.75, 3.05) is 0 Å². The first-order chi connectivity index (χ1) is 11.3. The minimum atomic E-state index is -0.901. The van der Waals surface area contributed by atoms with Crippen LogP contribution in [-0.4, -0.2) is 5.97 Å². The molecule has 24 heavy (non-hydrogen) atoms. The zero-order valence-corrected chi connectivity index (χ0v) is 19.9. The van der Waals surface area contributed by atoms with Gasteiger partial charge in [-0.2, -0.15) is 0 Å². The Bertz CT molecular complexity index is 244. The van der Waals surface area contributed by atoms with Gasteiger partial charge < -0.3 is 9.90 Å². The third-order valence-corrected chi connectivity index (χ3v) is 4.73. The van der Waals surface area contributed by atoms with E-state index in [9.17, 15) is 9.90 Å². The molecule has 138 valence electrons. The van der Waals surface area contributed by atoms with E-state index in [1.165, 1.54) is 103 Å². The maximum absolute atomic E-state index is 10.3. The summed E-state index contributed by atoms with van der Waals surface area (Å²) in [6.45, 7) is 2.28. The van der Waals surface area contributed by atoms with E-state index < -0.39 is 5.97 Å². The molecule has 0 saturated heterocycles. The van der Waals surface area contributed by atoms with E-state index in [0.717, 1.165) is 12.8 Å². The molecule has 0 spiro atoms. The van der Waals surface area contributed by atoms with Crippen LogP contribution >= 0.6 is 0 Å². The van der Waals surface area contributed by atoms with Gasteiger partial charge >= 0.3 is 51.4 Å². The quantitative estimate of drug-likeness (QED) is 0.261. The number of hydrogen-bond acceptors (Lipinski definition) is 2. The number of carbonyl (C=O) groups is 1. The van der Waals surface area contributed by atoms with Crippen molar-refractivity contribution >= 4 is 5.97 Å². The van der Waals surface area contributed by atoms with Gasteiger partial charge in [0.15, 0.2) is 0 Å². The molecule has 0 aromatic rings. The average molecular weight is 365 g/mol. The molecule has 2 nitrogen and oxygen atoms in total. The van der Waals surface area contributed by atoms with Gasteiger partial charge in [-0.1, -0.05) is 116 Å². The molecule has 0 atom stereocenters. The van der Waals surface area contributed by atoms with Crippen LogP contribution in [0.5, 0.6) is 0 Å². The SMILES string of the molecule is CCCCCCCCCCCCCCCCCCCCC(=O)[O-].[K+]. The molecular weight excluding hydrogens is 323 g/mol. The van der Waals surface area contributed by atoms with Crippen LogP contribution in [0.4, 0.5) is 0 Å². The Labute approximate surface area is 194 Å². The molecule has 3 heteroatoms. The number of carboxylic acids is 1. The van der Waals surface area contributed by atoms with Crippen molar-refractivity contribution < 1.29 is 61.3 Å². The van der Waals surface area contributed by atoms with Gasteiger partial charge in [0.1, 0.15) is 0 Å². The first-order valence-corrected chi connectivity index (χ1v) is 10.5. The molecule has 0 bridgehead atoms. The fourth-order valence-electron chi connectivity index (χ4n) is 3.17. The van der Waals surface area contributed by atoms with Gasteiger partial charge in [-0.25, -0.2) is 0 Å². The topological polar surface area (TPSA) is 40.1 Å². The van der Waals surface area contributed by atoms with Crippen LogP contribution in [0.15, 0.2) is 0 Å². The normalized spacial score (nSPS) is 10.5. The summed E-state index contributed by atoms with van der Waals surface area (Å²) in [6.07, 6.45) is 24.3. The maximum Gasteiger partial charge on any atom is 1.00 e. The summed E-state index contributed by atoms with van der Waals surface area (Å²) >= 11 is 0. The van der Waals surface area contributed by atoms with Gasteiger partial charge in [-0.3, -0.25) is 0 Å². The van der Waals surface area contributed by atoms with Crippen molar-refractivity contribution in [2.45, 2.75) is 129 Å². The molecule has 0 aliphatic heterocycles. The number of rotatable bonds is 19. The van der Waals surface area contributed by atoms with Crippen LogP contribution in [0.3, 0.4) is 0 Å². The van der Waals surface area contributed by atoms with E-state index in [1.54, 1.807) is 0 Å². The third-order valence-electron chi connectivity index (χ3n) is 4.73. The zero-order chi connectivity index (χ0) is 17.0. The van der Waals surface area contributed by atoms with Gasteiger partial charge in [-0.15, -0.1) is 0 Å². The van der Waals surface area contributed by atoms with Gasteiger partial charge in [-0.05, 0) is 12.8 Å². The van der Waals surface area contributed by atoms with Crippen LogP contribution in [-0.2, 0) is 4.79 Å². The van der Waals surface area contributed by atoms with Crippen molar-refractivity contribution in [1.82, 2.24) is 0 Å². The molecule has 0 saturated carbocycles. The third kappa shape index (κ3) is 25.3. The first kappa shape index (κ1) is 27.3. The number of carbonyl (C=O) groups excluding carboxylic acids is 1. The molecule has 0 aliphatic carbocycles. The van der Waals surface area contributed by atoms with Gasteiger partial charge in [0, 0.05) is 5.97 Å². The second-order valence-corrected chi connectivity index (χ2v) is 7.13. The van der Waals surface area contributed by atoms with E-state index in [1.807, 2.05) is 0 Å². The van der Waals surface area contributed by atoms with Crippen LogP contribution in [0, 0.1) is 0 Å². The summed E-state index contributed by atoms with van der Waals surface area (Å²) in [5.74, 6) is -0.901. The molecule has 0 aromatic carbocycles. The van der Waals surface area contributed by atoms with Crippen molar-refractivity contribution in [3.05, 3.63) is 0 Å². The van der Waals surface area contributed by atoms with E-state index in [-0.39, 0.29) is 57.8 Å². The fraction of sp³-hybridized carbons (Fsp3) is 0.952. The van der Waals surface area contributed by atoms with Crippen molar-refractivity contribution in [3.63, 3.8) is 0 Å². The first-order valence-electron chi connectivity index (χ1n) is 10.5. The van der Waals surface area contributed by atoms with Crippen LogP contribution in [0.2, 0.25) is 0 Å². The van der Waals surface area contributed by atoms with Crippen LogP contribution < -0.4 is 56.5 Å². The Morgan fingerprint density at radius 3 is 1.04 bits per heavy atom. The largest absolute Gasteiger partial charge is 1.00 e. The summed E-state index contributed by atoms with van der Waals surface area (Å²) in [6, 6.07) is 0. The average Bonchev–Trinajstić information content (AvgIpc) is 2.53. The summed E-state index contributed by atoms with van der Waals surface area (Å²) in [4.78, 5) is 10.3. The van der Waals surface area contributed by atoms with Gasteiger partial charge in [0.25, 0.3) is 0 Å². The smallest absolute Gasteiger partial charge is 0.550 e. The Hall–Kier alpha value is 1.11. The summed E-state index contributed by atoms with van der Waals surface area (Å²) in [5.41, 5.74) is 0. The molecule has 0 aromatic heterocycles. The zero-order valence-electron chi connectivity index (χ0n) is 16.8. The number of aliphatic carboxylic acids is 1. The Morgan fingerprint density at radius 2 is 0.792 bits per heavy atom. The Morgan fingerprint density at radius 1 is 0.542 bits per heavy atom. The number of hydrogen-bond donors (Lipinski definition) is 0. The molecule has 0 heterocycles. The second-order valence-electron chi connectivity index (χ2n) is 7.13. The minimum absolute atomic E-state index is 0. The molecule has 0 aliphatic rings. The Kier molecular flexibility index (Phi) is 27.4. The fourth-order valence-corrected chi connectivity index (χ4v) is 3.17. The molecule has 0 fully saturated rings. The number of carboxylic acid groups (broad SMARTS) is 1. The minimum Gasteiger partial charge on any atom is -0.550 e. The predicted molar refractivity (Wildman–Crippen MR) is 98.4 cm³/mol. The monoisotopic (exact) mass is 364 g/mol. The molecule has 0 N–H and O–H groups in total.